The molecule has 0 bridgehead atoms. The molecule has 5 aliphatic rings. The maximum Gasteiger partial charge on any atom is 0.207 e. The van der Waals surface area contributed by atoms with Gasteiger partial charge in [-0.1, -0.05) is 33.8 Å². The number of Topliss-reactive ketones (excluding diaryl/α,β-unsaturated/α-hetero) is 2. The Morgan fingerprint density at radius 1 is 1.06 bits per heavy atom. The molecule has 4 aliphatic carbocycles. The van der Waals surface area contributed by atoms with Crippen LogP contribution >= 0.6 is 0 Å². The predicted octanol–water partition coefficient (Wildman–Crippen LogP) is 4.27. The summed E-state index contributed by atoms with van der Waals surface area (Å²) in [6, 6.07) is 2.02. The number of ketones is 3. The first-order valence-electron chi connectivity index (χ1n) is 11.5. The number of allylic oxidation sites excluding steroid dienone is 2. The second kappa shape index (κ2) is 5.31. The van der Waals surface area contributed by atoms with E-state index >= 15 is 0 Å². The Morgan fingerprint density at radius 3 is 2.48 bits per heavy atom. The van der Waals surface area contributed by atoms with Gasteiger partial charge in [0.1, 0.15) is 5.60 Å². The molecule has 4 fully saturated rings. The van der Waals surface area contributed by atoms with Gasteiger partial charge in [-0.25, -0.2) is 0 Å². The number of furan rings is 1. The highest BCUT2D eigenvalue weighted by atomic mass is 16.6. The number of carbonyl (C=O) groups excluding carboxylic acids is 3. The van der Waals surface area contributed by atoms with Crippen LogP contribution in [0.4, 0.5) is 0 Å². The molecule has 8 atom stereocenters. The average molecular weight is 423 g/mol. The van der Waals surface area contributed by atoms with Crippen molar-refractivity contribution in [3.8, 4) is 0 Å². The van der Waals surface area contributed by atoms with Crippen molar-refractivity contribution in [3.05, 3.63) is 36.3 Å². The summed E-state index contributed by atoms with van der Waals surface area (Å²) in [4.78, 5) is 40.4. The summed E-state index contributed by atoms with van der Waals surface area (Å²) >= 11 is 0. The second-order valence-electron chi connectivity index (χ2n) is 11.8. The number of carbonyl (C=O) groups is 3. The SMILES string of the molecule is CC1(C)C(=O)C=CC2(C)C1C(=O)C(=O)C1(C)C2CCC2(C)C(c3ccoc3)CC3OC321. The number of hydrogen-bond donors (Lipinski definition) is 0. The van der Waals surface area contributed by atoms with E-state index in [0.29, 0.717) is 0 Å². The van der Waals surface area contributed by atoms with Gasteiger partial charge in [-0.15, -0.1) is 0 Å². The van der Waals surface area contributed by atoms with Gasteiger partial charge >= 0.3 is 0 Å². The van der Waals surface area contributed by atoms with Crippen molar-refractivity contribution in [2.75, 3.05) is 0 Å². The minimum atomic E-state index is -0.897. The highest BCUT2D eigenvalue weighted by Gasteiger charge is 2.88. The standard InChI is InChI=1S/C26H30O5/c1-22(2)17(27)7-9-23(3)16-6-10-24(4)15(14-8-11-30-13-14)12-18-26(24,31-18)25(16,5)21(29)19(28)20(22)23/h7-9,11,13,15-16,18,20H,6,10,12H2,1-5H3. The molecule has 0 aromatic carbocycles. The minimum Gasteiger partial charge on any atom is -0.472 e. The molecule has 0 amide bonds. The number of ether oxygens (including phenoxy) is 1. The van der Waals surface area contributed by atoms with Crippen LogP contribution in [-0.4, -0.2) is 29.1 Å². The Balaban J connectivity index is 1.53. The average Bonchev–Trinajstić information content (AvgIpc) is 3.07. The highest BCUT2D eigenvalue weighted by molar-refractivity contribution is 6.42. The number of hydrogen-bond acceptors (Lipinski definition) is 5. The lowest BCUT2D eigenvalue weighted by atomic mass is 9.37. The Hall–Kier alpha value is -2.01. The molecule has 1 spiro atoms. The van der Waals surface area contributed by atoms with Crippen molar-refractivity contribution in [1.29, 1.82) is 0 Å². The Labute approximate surface area is 182 Å². The minimum absolute atomic E-state index is 0.0238. The van der Waals surface area contributed by atoms with Crippen molar-refractivity contribution in [3.63, 3.8) is 0 Å². The summed E-state index contributed by atoms with van der Waals surface area (Å²) in [5.74, 6) is -1.19. The van der Waals surface area contributed by atoms with Crippen LogP contribution in [0.5, 0.6) is 0 Å². The molecule has 5 nitrogen and oxygen atoms in total. The molecule has 8 unspecified atom stereocenters. The number of rotatable bonds is 1. The number of epoxide rings is 1. The van der Waals surface area contributed by atoms with Crippen LogP contribution in [0.15, 0.2) is 35.2 Å². The largest absolute Gasteiger partial charge is 0.472 e. The van der Waals surface area contributed by atoms with Gasteiger partial charge in [0.2, 0.25) is 11.6 Å². The monoisotopic (exact) mass is 422 g/mol. The van der Waals surface area contributed by atoms with Crippen LogP contribution in [0, 0.1) is 33.5 Å². The van der Waals surface area contributed by atoms with Crippen LogP contribution in [0.1, 0.15) is 65.4 Å². The predicted molar refractivity (Wildman–Crippen MR) is 112 cm³/mol. The fourth-order valence-corrected chi connectivity index (χ4v) is 9.08. The van der Waals surface area contributed by atoms with Gasteiger partial charge in [0.05, 0.1) is 24.0 Å². The Bertz CT molecular complexity index is 1070. The molecule has 1 aromatic rings. The summed E-state index contributed by atoms with van der Waals surface area (Å²) in [5, 5.41) is 0. The summed E-state index contributed by atoms with van der Waals surface area (Å²) in [5.41, 5.74) is -2.04. The van der Waals surface area contributed by atoms with Crippen LogP contribution in [0.3, 0.4) is 0 Å². The molecule has 0 N–H and O–H groups in total. The van der Waals surface area contributed by atoms with Gasteiger partial charge in [-0.3, -0.25) is 14.4 Å². The first kappa shape index (κ1) is 19.7. The van der Waals surface area contributed by atoms with E-state index in [0.717, 1.165) is 24.8 Å². The van der Waals surface area contributed by atoms with Gasteiger partial charge < -0.3 is 9.15 Å². The third-order valence-electron chi connectivity index (χ3n) is 10.4. The maximum absolute atomic E-state index is 14.0. The second-order valence-corrected chi connectivity index (χ2v) is 11.8. The van der Waals surface area contributed by atoms with Crippen molar-refractivity contribution >= 4 is 17.3 Å². The van der Waals surface area contributed by atoms with Crippen LogP contribution in [0.2, 0.25) is 0 Å². The van der Waals surface area contributed by atoms with E-state index in [2.05, 4.69) is 13.8 Å². The number of fused-ring (bicyclic) bond motifs is 3. The lowest BCUT2D eigenvalue weighted by Gasteiger charge is -2.64. The zero-order valence-corrected chi connectivity index (χ0v) is 18.9. The van der Waals surface area contributed by atoms with Crippen LogP contribution < -0.4 is 0 Å². The van der Waals surface area contributed by atoms with E-state index in [4.69, 9.17) is 9.15 Å². The molecule has 164 valence electrons. The molecule has 2 heterocycles. The first-order valence-corrected chi connectivity index (χ1v) is 11.5. The highest BCUT2D eigenvalue weighted by Crippen LogP contribution is 2.81. The van der Waals surface area contributed by atoms with E-state index in [1.807, 2.05) is 39.2 Å². The van der Waals surface area contributed by atoms with Gasteiger partial charge in [-0.05, 0) is 55.7 Å². The van der Waals surface area contributed by atoms with E-state index in [1.165, 1.54) is 0 Å². The first-order chi connectivity index (χ1) is 14.5. The Morgan fingerprint density at radius 2 is 1.81 bits per heavy atom. The van der Waals surface area contributed by atoms with E-state index in [9.17, 15) is 14.4 Å². The molecule has 1 aromatic heterocycles. The van der Waals surface area contributed by atoms with Gasteiger partial charge in [0.25, 0.3) is 0 Å². The lowest BCUT2D eigenvalue weighted by molar-refractivity contribution is -0.188. The van der Waals surface area contributed by atoms with E-state index < -0.39 is 27.8 Å². The Kier molecular flexibility index (Phi) is 3.36. The third-order valence-corrected chi connectivity index (χ3v) is 10.4. The molecule has 31 heavy (non-hydrogen) atoms. The molecule has 0 radical (unpaired) electrons. The van der Waals surface area contributed by atoms with Gasteiger partial charge in [0, 0.05) is 22.2 Å². The molecule has 1 aliphatic heterocycles. The van der Waals surface area contributed by atoms with Crippen LogP contribution in [0.25, 0.3) is 0 Å². The van der Waals surface area contributed by atoms with E-state index in [1.54, 1.807) is 12.3 Å². The molecule has 6 rings (SSSR count). The molecule has 3 saturated carbocycles. The zero-order valence-electron chi connectivity index (χ0n) is 18.9. The smallest absolute Gasteiger partial charge is 0.207 e. The molecular weight excluding hydrogens is 392 g/mol. The molecule has 5 heteroatoms. The van der Waals surface area contributed by atoms with Crippen molar-refractivity contribution in [2.24, 2.45) is 33.5 Å². The van der Waals surface area contributed by atoms with Crippen molar-refractivity contribution in [2.45, 2.75) is 71.5 Å². The fraction of sp³-hybridized carbons (Fsp3) is 0.654. The van der Waals surface area contributed by atoms with E-state index in [-0.39, 0.29) is 40.7 Å². The normalized spacial score (nSPS) is 51.7. The fourth-order valence-electron chi connectivity index (χ4n) is 9.08. The summed E-state index contributed by atoms with van der Waals surface area (Å²) in [6.45, 7) is 9.97. The summed E-state index contributed by atoms with van der Waals surface area (Å²) in [6.07, 6.45) is 9.69. The van der Waals surface area contributed by atoms with Crippen molar-refractivity contribution < 1.29 is 23.5 Å². The lowest BCUT2D eigenvalue weighted by Crippen LogP contribution is -2.71. The summed E-state index contributed by atoms with van der Waals surface area (Å²) < 4.78 is 11.9. The summed E-state index contributed by atoms with van der Waals surface area (Å²) in [7, 11) is 0. The maximum atomic E-state index is 14.0. The van der Waals surface area contributed by atoms with Crippen LogP contribution in [-0.2, 0) is 19.1 Å². The van der Waals surface area contributed by atoms with Gasteiger partial charge in [-0.2, -0.15) is 0 Å². The zero-order chi connectivity index (χ0) is 22.2. The molecule has 1 saturated heterocycles. The van der Waals surface area contributed by atoms with Gasteiger partial charge in [0.15, 0.2) is 5.78 Å². The third kappa shape index (κ3) is 1.82. The molecular formula is C26H30O5. The van der Waals surface area contributed by atoms with Crippen molar-refractivity contribution in [1.82, 2.24) is 0 Å². The quantitative estimate of drug-likeness (QED) is 0.499. The topological polar surface area (TPSA) is 76.9 Å².